The van der Waals surface area contributed by atoms with Gasteiger partial charge in [-0.15, -0.1) is 0 Å². The van der Waals surface area contributed by atoms with Crippen molar-refractivity contribution in [1.29, 1.82) is 0 Å². The second kappa shape index (κ2) is 5.41. The number of amides is 1. The van der Waals surface area contributed by atoms with Crippen LogP contribution in [-0.2, 0) is 7.05 Å². The molecule has 0 aliphatic carbocycles. The van der Waals surface area contributed by atoms with Gasteiger partial charge in [0.05, 0.1) is 5.02 Å². The van der Waals surface area contributed by atoms with Gasteiger partial charge in [-0.1, -0.05) is 11.6 Å². The van der Waals surface area contributed by atoms with E-state index in [9.17, 15) is 4.79 Å². The number of carbonyl (C=O) groups is 1. The number of likely N-dealkylation sites (tertiary alicyclic amines) is 2. The quantitative estimate of drug-likeness (QED) is 0.838. The molecule has 0 saturated carbocycles. The molecule has 0 N–H and O–H groups in total. The van der Waals surface area contributed by atoms with Crippen LogP contribution in [0.15, 0.2) is 12.3 Å². The Morgan fingerprint density at radius 1 is 1.20 bits per heavy atom. The van der Waals surface area contributed by atoms with E-state index in [2.05, 4.69) is 16.8 Å². The highest BCUT2D eigenvalue weighted by Crippen LogP contribution is 2.30. The van der Waals surface area contributed by atoms with Crippen molar-refractivity contribution in [3.8, 4) is 0 Å². The predicted molar refractivity (Wildman–Crippen MR) is 80.1 cm³/mol. The highest BCUT2D eigenvalue weighted by Gasteiger charge is 2.39. The first-order chi connectivity index (χ1) is 9.58. The molecule has 2 saturated heterocycles. The Morgan fingerprint density at radius 3 is 2.50 bits per heavy atom. The number of rotatable bonds is 2. The van der Waals surface area contributed by atoms with Crippen molar-refractivity contribution in [3.05, 3.63) is 23.0 Å². The number of nitrogens with zero attached hydrogens (tertiary/aromatic N) is 3. The summed E-state index contributed by atoms with van der Waals surface area (Å²) in [6.45, 7) is 2.02. The van der Waals surface area contributed by atoms with Gasteiger partial charge in [0.15, 0.2) is 0 Å². The molecule has 0 spiro atoms. The van der Waals surface area contributed by atoms with E-state index >= 15 is 0 Å². The molecule has 2 aliphatic rings. The molecule has 0 radical (unpaired) electrons. The van der Waals surface area contributed by atoms with Gasteiger partial charge in [0.1, 0.15) is 5.69 Å². The number of hydrogen-bond donors (Lipinski definition) is 0. The molecule has 1 amide bonds. The maximum Gasteiger partial charge on any atom is 0.270 e. The molecule has 4 nitrogen and oxygen atoms in total. The van der Waals surface area contributed by atoms with Gasteiger partial charge in [0.25, 0.3) is 5.91 Å². The Morgan fingerprint density at radius 2 is 1.90 bits per heavy atom. The third-order valence-electron chi connectivity index (χ3n) is 4.77. The molecule has 0 aromatic carbocycles. The molecule has 0 bridgehead atoms. The summed E-state index contributed by atoms with van der Waals surface area (Å²) in [6.07, 6.45) is 6.48. The van der Waals surface area contributed by atoms with Crippen LogP contribution < -0.4 is 0 Å². The Kier molecular flexibility index (Phi) is 3.78. The molecule has 2 aliphatic heterocycles. The van der Waals surface area contributed by atoms with Gasteiger partial charge in [-0.25, -0.2) is 0 Å². The molecule has 1 aromatic heterocycles. The average Bonchev–Trinajstić information content (AvgIpc) is 3.08. The van der Waals surface area contributed by atoms with Crippen molar-refractivity contribution in [2.24, 2.45) is 7.05 Å². The minimum atomic E-state index is 0.127. The highest BCUT2D eigenvalue weighted by atomic mass is 35.5. The smallest absolute Gasteiger partial charge is 0.270 e. The van der Waals surface area contributed by atoms with E-state index in [0.29, 0.717) is 22.8 Å². The minimum absolute atomic E-state index is 0.127. The van der Waals surface area contributed by atoms with Crippen molar-refractivity contribution in [1.82, 2.24) is 14.4 Å². The lowest BCUT2D eigenvalue weighted by molar-refractivity contribution is 0.0655. The van der Waals surface area contributed by atoms with Gasteiger partial charge in [-0.2, -0.15) is 0 Å². The fraction of sp³-hybridized carbons (Fsp3) is 0.667. The Hall–Kier alpha value is -1.00. The SMILES string of the molecule is CN1CCC[C@H]1[C@H]1CCCN1C(=O)c1cc(Cl)cn1C. The van der Waals surface area contributed by atoms with Crippen molar-refractivity contribution in [2.45, 2.75) is 37.8 Å². The van der Waals surface area contributed by atoms with Crippen LogP contribution in [0.1, 0.15) is 36.2 Å². The molecule has 20 heavy (non-hydrogen) atoms. The van der Waals surface area contributed by atoms with E-state index in [1.807, 2.05) is 11.6 Å². The summed E-state index contributed by atoms with van der Waals surface area (Å²) in [7, 11) is 4.06. The molecule has 2 fully saturated rings. The zero-order valence-electron chi connectivity index (χ0n) is 12.2. The Balaban J connectivity index is 1.81. The molecule has 3 heterocycles. The molecular formula is C15H22ClN3O. The summed E-state index contributed by atoms with van der Waals surface area (Å²) >= 11 is 6.00. The van der Waals surface area contributed by atoms with Crippen LogP contribution in [0.5, 0.6) is 0 Å². The fourth-order valence-corrected chi connectivity index (χ4v) is 4.00. The zero-order valence-corrected chi connectivity index (χ0v) is 12.9. The van der Waals surface area contributed by atoms with Crippen LogP contribution in [0, 0.1) is 0 Å². The van der Waals surface area contributed by atoms with Crippen LogP contribution in [0.2, 0.25) is 5.02 Å². The lowest BCUT2D eigenvalue weighted by Crippen LogP contribution is -2.47. The molecule has 0 unspecified atom stereocenters. The Labute approximate surface area is 125 Å². The highest BCUT2D eigenvalue weighted by molar-refractivity contribution is 6.31. The minimum Gasteiger partial charge on any atom is -0.345 e. The molecule has 3 rings (SSSR count). The van der Waals surface area contributed by atoms with Gasteiger partial charge < -0.3 is 14.4 Å². The van der Waals surface area contributed by atoms with Crippen LogP contribution in [0.4, 0.5) is 0 Å². The van der Waals surface area contributed by atoms with E-state index < -0.39 is 0 Å². The average molecular weight is 296 g/mol. The van der Waals surface area contributed by atoms with Gasteiger partial charge in [-0.05, 0) is 45.3 Å². The van der Waals surface area contributed by atoms with E-state index in [-0.39, 0.29) is 5.91 Å². The maximum atomic E-state index is 12.8. The normalized spacial score (nSPS) is 27.4. The fourth-order valence-electron chi connectivity index (χ4n) is 3.75. The van der Waals surface area contributed by atoms with Crippen LogP contribution in [-0.4, -0.2) is 52.5 Å². The summed E-state index contributed by atoms with van der Waals surface area (Å²) in [5.74, 6) is 0.127. The van der Waals surface area contributed by atoms with Gasteiger partial charge in [-0.3, -0.25) is 4.79 Å². The molecule has 5 heteroatoms. The first-order valence-corrected chi connectivity index (χ1v) is 7.79. The van der Waals surface area contributed by atoms with E-state index in [1.165, 1.54) is 12.8 Å². The number of hydrogen-bond acceptors (Lipinski definition) is 2. The molecule has 110 valence electrons. The third-order valence-corrected chi connectivity index (χ3v) is 4.98. The summed E-state index contributed by atoms with van der Waals surface area (Å²) in [4.78, 5) is 17.3. The summed E-state index contributed by atoms with van der Waals surface area (Å²) in [5.41, 5.74) is 0.697. The monoisotopic (exact) mass is 295 g/mol. The number of aryl methyl sites for hydroxylation is 1. The largest absolute Gasteiger partial charge is 0.345 e. The first kappa shape index (κ1) is 14.0. The van der Waals surface area contributed by atoms with Crippen LogP contribution >= 0.6 is 11.6 Å². The van der Waals surface area contributed by atoms with Gasteiger partial charge in [0.2, 0.25) is 0 Å². The van der Waals surface area contributed by atoms with Crippen LogP contribution in [0.25, 0.3) is 0 Å². The molecular weight excluding hydrogens is 274 g/mol. The number of likely N-dealkylation sites (N-methyl/N-ethyl adjacent to an activating group) is 1. The standard InChI is InChI=1S/C15H22ClN3O/c1-17-7-3-5-12(17)13-6-4-8-19(13)15(20)14-9-11(16)10-18(14)2/h9-10,12-13H,3-8H2,1-2H3/t12-,13+/m0/s1. The lowest BCUT2D eigenvalue weighted by atomic mass is 10.0. The van der Waals surface area contributed by atoms with Crippen molar-refractivity contribution in [2.75, 3.05) is 20.1 Å². The number of aromatic nitrogens is 1. The van der Waals surface area contributed by atoms with Crippen LogP contribution in [0.3, 0.4) is 0 Å². The van der Waals surface area contributed by atoms with E-state index in [4.69, 9.17) is 11.6 Å². The predicted octanol–water partition coefficient (Wildman–Crippen LogP) is 2.38. The number of halogens is 1. The van der Waals surface area contributed by atoms with Crippen molar-refractivity contribution < 1.29 is 4.79 Å². The first-order valence-electron chi connectivity index (χ1n) is 7.41. The zero-order chi connectivity index (χ0) is 14.3. The van der Waals surface area contributed by atoms with E-state index in [1.54, 1.807) is 12.3 Å². The third kappa shape index (κ3) is 2.35. The van der Waals surface area contributed by atoms with E-state index in [0.717, 1.165) is 25.9 Å². The topological polar surface area (TPSA) is 28.5 Å². The van der Waals surface area contributed by atoms with Gasteiger partial charge >= 0.3 is 0 Å². The Bertz CT molecular complexity index is 513. The number of carbonyl (C=O) groups excluding carboxylic acids is 1. The summed E-state index contributed by atoms with van der Waals surface area (Å²) in [5, 5.41) is 0.629. The molecule has 2 atom stereocenters. The summed E-state index contributed by atoms with van der Waals surface area (Å²) < 4.78 is 1.83. The van der Waals surface area contributed by atoms with Crippen molar-refractivity contribution >= 4 is 17.5 Å². The second-order valence-corrected chi connectivity index (χ2v) is 6.49. The maximum absolute atomic E-state index is 12.8. The lowest BCUT2D eigenvalue weighted by Gasteiger charge is -2.33. The second-order valence-electron chi connectivity index (χ2n) is 6.05. The van der Waals surface area contributed by atoms with Gasteiger partial charge in [0, 0.05) is 31.9 Å². The summed E-state index contributed by atoms with van der Waals surface area (Å²) in [6, 6.07) is 2.67. The molecule has 1 aromatic rings. The van der Waals surface area contributed by atoms with Crippen molar-refractivity contribution in [3.63, 3.8) is 0 Å².